The molecule has 0 aliphatic carbocycles. The van der Waals surface area contributed by atoms with Crippen molar-refractivity contribution in [1.29, 1.82) is 0 Å². The number of hydrogen-bond donors (Lipinski definition) is 2. The van der Waals surface area contributed by atoms with Crippen molar-refractivity contribution >= 4 is 22.4 Å². The minimum atomic E-state index is -4.58. The van der Waals surface area contributed by atoms with E-state index in [-0.39, 0.29) is 56.2 Å². The summed E-state index contributed by atoms with van der Waals surface area (Å²) >= 11 is 0. The highest BCUT2D eigenvalue weighted by Crippen LogP contribution is 2.36. The number of carbonyl (C=O) groups excluding carboxylic acids is 1. The summed E-state index contributed by atoms with van der Waals surface area (Å²) in [6.45, 7) is 0.358. The molecule has 0 bridgehead atoms. The van der Waals surface area contributed by atoms with E-state index in [1.165, 1.54) is 24.3 Å². The second-order valence-corrected chi connectivity index (χ2v) is 8.70. The zero-order valence-corrected chi connectivity index (χ0v) is 20.2. The number of fused-ring (bicyclic) bond motifs is 1. The van der Waals surface area contributed by atoms with Crippen LogP contribution < -0.4 is 10.5 Å². The minimum Gasteiger partial charge on any atom is -0.461 e. The first-order valence-electron chi connectivity index (χ1n) is 11.9. The number of halogens is 3. The first kappa shape index (κ1) is 27.6. The molecule has 3 aromatic rings. The maximum absolute atomic E-state index is 13.5. The van der Waals surface area contributed by atoms with Gasteiger partial charge in [-0.3, -0.25) is 4.79 Å². The molecule has 1 radical (unpaired) electrons. The van der Waals surface area contributed by atoms with Crippen molar-refractivity contribution in [2.75, 3.05) is 44.6 Å². The summed E-state index contributed by atoms with van der Waals surface area (Å²) in [6, 6.07) is 11.5. The first-order valence-corrected chi connectivity index (χ1v) is 11.9. The van der Waals surface area contributed by atoms with Gasteiger partial charge in [0.25, 0.3) is 5.56 Å². The monoisotopic (exact) mass is 535 g/mol. The van der Waals surface area contributed by atoms with E-state index < -0.39 is 35.5 Å². The topological polar surface area (TPSA) is 121 Å². The van der Waals surface area contributed by atoms with E-state index in [9.17, 15) is 27.9 Å². The third-order valence-corrected chi connectivity index (χ3v) is 6.05. The fourth-order valence-corrected chi connectivity index (χ4v) is 4.22. The quantitative estimate of drug-likeness (QED) is 0.302. The molecule has 2 atom stereocenters. The van der Waals surface area contributed by atoms with Crippen LogP contribution in [0.3, 0.4) is 0 Å². The third kappa shape index (κ3) is 6.51. The summed E-state index contributed by atoms with van der Waals surface area (Å²) in [5.41, 5.74) is -0.830. The molecule has 2 aromatic carbocycles. The number of aromatic nitrogens is 1. The van der Waals surface area contributed by atoms with Gasteiger partial charge in [-0.15, -0.1) is 0 Å². The average Bonchev–Trinajstić information content (AvgIpc) is 3.36. The smallest absolute Gasteiger partial charge is 0.417 e. The van der Waals surface area contributed by atoms with Gasteiger partial charge in [-0.2, -0.15) is 13.2 Å². The molecule has 2 heterocycles. The fraction of sp³-hybridized carbons (Fsp3) is 0.385. The number of ether oxygens (including phenoxy) is 3. The Morgan fingerprint density at radius 3 is 2.71 bits per heavy atom. The molecule has 12 heteroatoms. The number of hydrogen-bond acceptors (Lipinski definition) is 7. The maximum atomic E-state index is 13.5. The molecule has 1 unspecified atom stereocenters. The van der Waals surface area contributed by atoms with E-state index in [4.69, 9.17) is 19.3 Å². The number of aliphatic hydroxyl groups is 1. The summed E-state index contributed by atoms with van der Waals surface area (Å²) in [5, 5.41) is 21.6. The average molecular weight is 535 g/mol. The lowest BCUT2D eigenvalue weighted by Gasteiger charge is -2.18. The van der Waals surface area contributed by atoms with Crippen LogP contribution in [0.1, 0.15) is 12.0 Å². The Bertz CT molecular complexity index is 1330. The highest BCUT2D eigenvalue weighted by molar-refractivity contribution is 5.88. The van der Waals surface area contributed by atoms with Crippen LogP contribution >= 0.6 is 0 Å². The van der Waals surface area contributed by atoms with Crippen LogP contribution in [-0.4, -0.2) is 68.0 Å². The van der Waals surface area contributed by atoms with Crippen molar-refractivity contribution in [3.05, 3.63) is 64.4 Å². The predicted octanol–water partition coefficient (Wildman–Crippen LogP) is 3.12. The SMILES string of the molecule is [O][C@@H](CC1CN(c2ccc3cc(-c4ccccc4C(F)(F)F)[nH]c(=O)c3c2)CO1)C(=O)OCCOCCO. The molecule has 4 rings (SSSR count). The van der Waals surface area contributed by atoms with E-state index in [1.54, 1.807) is 23.1 Å². The molecule has 1 fully saturated rings. The molecule has 203 valence electrons. The number of carbonyl (C=O) groups is 1. The molecule has 38 heavy (non-hydrogen) atoms. The maximum Gasteiger partial charge on any atom is 0.417 e. The minimum absolute atomic E-state index is 0.0566. The van der Waals surface area contributed by atoms with Crippen LogP contribution in [0.5, 0.6) is 0 Å². The van der Waals surface area contributed by atoms with Crippen molar-refractivity contribution in [3.8, 4) is 11.3 Å². The number of alkyl halides is 3. The van der Waals surface area contributed by atoms with Crippen molar-refractivity contribution in [2.45, 2.75) is 24.8 Å². The van der Waals surface area contributed by atoms with Gasteiger partial charge in [-0.1, -0.05) is 24.3 Å². The van der Waals surface area contributed by atoms with E-state index in [0.717, 1.165) is 6.07 Å². The van der Waals surface area contributed by atoms with Crippen molar-refractivity contribution < 1.29 is 42.4 Å². The number of aliphatic hydroxyl groups excluding tert-OH is 1. The molecule has 9 nitrogen and oxygen atoms in total. The van der Waals surface area contributed by atoms with Crippen LogP contribution in [0.15, 0.2) is 53.3 Å². The van der Waals surface area contributed by atoms with Crippen molar-refractivity contribution in [3.63, 3.8) is 0 Å². The molecule has 1 aromatic heterocycles. The number of aromatic amines is 1. The lowest BCUT2D eigenvalue weighted by atomic mass is 10.0. The van der Waals surface area contributed by atoms with Crippen molar-refractivity contribution in [2.24, 2.45) is 0 Å². The Hall–Kier alpha value is -3.45. The summed E-state index contributed by atoms with van der Waals surface area (Å²) < 4.78 is 55.8. The zero-order chi connectivity index (χ0) is 27.3. The van der Waals surface area contributed by atoms with Gasteiger partial charge < -0.3 is 29.2 Å². The van der Waals surface area contributed by atoms with Crippen LogP contribution in [0.25, 0.3) is 22.0 Å². The molecule has 1 aliphatic rings. The number of anilines is 1. The van der Waals surface area contributed by atoms with Gasteiger partial charge in [0.2, 0.25) is 0 Å². The Kier molecular flexibility index (Phi) is 8.67. The van der Waals surface area contributed by atoms with Gasteiger partial charge >= 0.3 is 12.1 Å². The summed E-state index contributed by atoms with van der Waals surface area (Å²) in [7, 11) is 0. The standard InChI is InChI=1S/C26H26F3N2O7/c27-26(28,29)21-4-2-1-3-19(21)22-11-16-5-6-17(12-20(16)24(34)30-22)31-14-18(38-15-31)13-23(33)25(35)37-10-9-36-8-7-32/h1-6,11-12,18,23,32H,7-10,13-15H2,(H,30,34)/t18?,23-/m0/s1. The molecule has 0 amide bonds. The number of esters is 1. The van der Waals surface area contributed by atoms with E-state index in [2.05, 4.69) is 4.98 Å². The lowest BCUT2D eigenvalue weighted by Crippen LogP contribution is -2.30. The molecular weight excluding hydrogens is 509 g/mol. The highest BCUT2D eigenvalue weighted by Gasteiger charge is 2.34. The summed E-state index contributed by atoms with van der Waals surface area (Å²) in [5.74, 6) is -0.917. The van der Waals surface area contributed by atoms with Crippen LogP contribution in [0, 0.1) is 0 Å². The Labute approximate surface area is 215 Å². The van der Waals surface area contributed by atoms with Crippen LogP contribution in [-0.2, 0) is 30.3 Å². The normalized spacial score (nSPS) is 16.7. The predicted molar refractivity (Wildman–Crippen MR) is 130 cm³/mol. The van der Waals surface area contributed by atoms with Gasteiger partial charge in [0.05, 0.1) is 31.5 Å². The lowest BCUT2D eigenvalue weighted by molar-refractivity contribution is -0.160. The number of benzene rings is 2. The van der Waals surface area contributed by atoms with Crippen LogP contribution in [0.4, 0.5) is 18.9 Å². The number of H-pyrrole nitrogens is 1. The van der Waals surface area contributed by atoms with Gasteiger partial charge in [-0.05, 0) is 29.7 Å². The summed E-state index contributed by atoms with van der Waals surface area (Å²) in [6.07, 6.45) is -6.86. The largest absolute Gasteiger partial charge is 0.461 e. The van der Waals surface area contributed by atoms with Gasteiger partial charge in [-0.25, -0.2) is 9.90 Å². The van der Waals surface area contributed by atoms with E-state index in [0.29, 0.717) is 17.6 Å². The molecule has 2 N–H and O–H groups in total. The highest BCUT2D eigenvalue weighted by atomic mass is 19.4. The molecular formula is C26H26F3N2O7. The second-order valence-electron chi connectivity index (χ2n) is 8.70. The molecule has 1 aliphatic heterocycles. The second kappa shape index (κ2) is 11.9. The van der Waals surface area contributed by atoms with Gasteiger partial charge in [0.15, 0.2) is 6.10 Å². The first-order chi connectivity index (χ1) is 18.2. The molecule has 0 saturated carbocycles. The van der Waals surface area contributed by atoms with Gasteiger partial charge in [0.1, 0.15) is 13.3 Å². The number of rotatable bonds is 10. The van der Waals surface area contributed by atoms with Gasteiger partial charge in [0, 0.05) is 35.3 Å². The third-order valence-electron chi connectivity index (χ3n) is 6.05. The Morgan fingerprint density at radius 2 is 1.95 bits per heavy atom. The van der Waals surface area contributed by atoms with E-state index in [1.807, 2.05) is 0 Å². The Morgan fingerprint density at radius 1 is 1.16 bits per heavy atom. The zero-order valence-electron chi connectivity index (χ0n) is 20.2. The molecule has 1 saturated heterocycles. The number of nitrogens with one attached hydrogen (secondary N) is 1. The van der Waals surface area contributed by atoms with E-state index >= 15 is 0 Å². The summed E-state index contributed by atoms with van der Waals surface area (Å²) in [4.78, 5) is 29.1. The van der Waals surface area contributed by atoms with Crippen LogP contribution in [0.2, 0.25) is 0 Å². The number of pyridine rings is 1. The van der Waals surface area contributed by atoms with Crippen molar-refractivity contribution in [1.82, 2.24) is 4.98 Å². The molecule has 0 spiro atoms. The number of nitrogens with zero attached hydrogens (tertiary/aromatic N) is 1. The Balaban J connectivity index is 1.43. The fourth-order valence-electron chi connectivity index (χ4n) is 4.22.